The fourth-order valence-electron chi connectivity index (χ4n) is 0.253. The molecule has 0 spiro atoms. The van der Waals surface area contributed by atoms with Crippen LogP contribution in [0.15, 0.2) is 27.6 Å². The van der Waals surface area contributed by atoms with Crippen LogP contribution in [0.5, 0.6) is 0 Å². The minimum absolute atomic E-state index is 1.05. The molecule has 0 aromatic heterocycles. The van der Waals surface area contributed by atoms with Crippen LogP contribution in [0.2, 0.25) is 0 Å². The first-order valence-electron chi connectivity index (χ1n) is 2.49. The Hall–Kier alpha value is -0.320. The minimum atomic E-state index is 1.05. The molecular formula is C6H9IN2. The molecule has 1 N–H and O–H groups in total. The van der Waals surface area contributed by atoms with Crippen molar-refractivity contribution in [3.63, 3.8) is 0 Å². The van der Waals surface area contributed by atoms with Crippen molar-refractivity contribution < 1.29 is 0 Å². The average Bonchev–Trinajstić information content (AvgIpc) is 1.89. The van der Waals surface area contributed by atoms with Gasteiger partial charge in [0.15, 0.2) is 0 Å². The topological polar surface area (TPSA) is 24.4 Å². The van der Waals surface area contributed by atoms with E-state index in [1.54, 1.807) is 6.21 Å². The summed E-state index contributed by atoms with van der Waals surface area (Å²) in [7, 11) is 1.86. The van der Waals surface area contributed by atoms with E-state index in [2.05, 4.69) is 39.5 Å². The van der Waals surface area contributed by atoms with Gasteiger partial charge < -0.3 is 5.32 Å². The third-order valence-electron chi connectivity index (χ3n) is 0.651. The number of nitrogens with one attached hydrogen (secondary N) is 1. The highest BCUT2D eigenvalue weighted by Crippen LogP contribution is 1.96. The molecule has 0 heterocycles. The summed E-state index contributed by atoms with van der Waals surface area (Å²) in [5, 5.41) is 2.95. The van der Waals surface area contributed by atoms with Crippen LogP contribution in [0.3, 0.4) is 0 Å². The molecule has 0 aliphatic heterocycles. The quantitative estimate of drug-likeness (QED) is 0.450. The second-order valence-corrected chi connectivity index (χ2v) is 2.41. The summed E-state index contributed by atoms with van der Waals surface area (Å²) in [6.45, 7) is 3.43. The number of halogens is 1. The third kappa shape index (κ3) is 5.55. The Labute approximate surface area is 68.9 Å². The second kappa shape index (κ2) is 5.81. The largest absolute Gasteiger partial charge is 0.383 e. The highest BCUT2D eigenvalue weighted by molar-refractivity contribution is 14.1. The molecule has 2 nitrogen and oxygen atoms in total. The Morgan fingerprint density at radius 2 is 2.44 bits per heavy atom. The summed E-state index contributed by atoms with van der Waals surface area (Å²) in [5.41, 5.74) is 0. The number of hydrogen-bond acceptors (Lipinski definition) is 2. The van der Waals surface area contributed by atoms with E-state index < -0.39 is 0 Å². The van der Waals surface area contributed by atoms with Crippen LogP contribution in [-0.2, 0) is 0 Å². The van der Waals surface area contributed by atoms with Gasteiger partial charge in [-0.15, -0.1) is 0 Å². The first-order chi connectivity index (χ1) is 4.31. The van der Waals surface area contributed by atoms with E-state index in [0.29, 0.717) is 0 Å². The molecule has 50 valence electrons. The van der Waals surface area contributed by atoms with Crippen molar-refractivity contribution in [2.45, 2.75) is 0 Å². The Bertz CT molecular complexity index is 138. The standard InChI is InChI=1S/C6H9IN2/c1-3-9-5-4-6(7)8-2/h3-5,8H,1H2,2H3/b6-4-,9-5?. The highest BCUT2D eigenvalue weighted by atomic mass is 127. The number of nitrogens with zero attached hydrogens (tertiary/aromatic N) is 1. The maximum Gasteiger partial charge on any atom is 0.0744 e. The molecule has 3 heteroatoms. The molecule has 0 aliphatic rings. The Kier molecular flexibility index (Phi) is 5.60. The summed E-state index contributed by atoms with van der Waals surface area (Å²) in [4.78, 5) is 3.78. The molecule has 0 bridgehead atoms. The van der Waals surface area contributed by atoms with E-state index in [4.69, 9.17) is 0 Å². The van der Waals surface area contributed by atoms with Gasteiger partial charge in [-0.1, -0.05) is 6.58 Å². The first-order valence-corrected chi connectivity index (χ1v) is 3.56. The number of hydrogen-bond donors (Lipinski definition) is 1. The fourth-order valence-corrected chi connectivity index (χ4v) is 0.413. The van der Waals surface area contributed by atoms with Gasteiger partial charge in [-0.05, 0) is 28.7 Å². The van der Waals surface area contributed by atoms with Crippen molar-refractivity contribution in [3.05, 3.63) is 22.6 Å². The number of rotatable bonds is 3. The lowest BCUT2D eigenvalue weighted by atomic mass is 10.6. The molecule has 0 aromatic carbocycles. The summed E-state index contributed by atoms with van der Waals surface area (Å²) in [6, 6.07) is 0. The van der Waals surface area contributed by atoms with Crippen molar-refractivity contribution in [1.82, 2.24) is 5.32 Å². The van der Waals surface area contributed by atoms with Crippen molar-refractivity contribution >= 4 is 28.8 Å². The zero-order valence-electron chi connectivity index (χ0n) is 5.26. The van der Waals surface area contributed by atoms with Crippen LogP contribution in [0.4, 0.5) is 0 Å². The van der Waals surface area contributed by atoms with E-state index in [9.17, 15) is 0 Å². The van der Waals surface area contributed by atoms with Gasteiger partial charge >= 0.3 is 0 Å². The molecule has 0 rings (SSSR count). The molecule has 0 fully saturated rings. The molecule has 0 atom stereocenters. The first kappa shape index (κ1) is 8.68. The Morgan fingerprint density at radius 3 is 2.89 bits per heavy atom. The molecule has 0 unspecified atom stereocenters. The molecule has 0 aliphatic carbocycles. The maximum atomic E-state index is 3.78. The van der Waals surface area contributed by atoms with Gasteiger partial charge in [0.25, 0.3) is 0 Å². The molecular weight excluding hydrogens is 227 g/mol. The SMILES string of the molecule is C=CN=C/C=C(/I)NC. The van der Waals surface area contributed by atoms with Gasteiger partial charge in [0, 0.05) is 19.5 Å². The van der Waals surface area contributed by atoms with E-state index in [-0.39, 0.29) is 0 Å². The lowest BCUT2D eigenvalue weighted by Gasteiger charge is -1.89. The highest BCUT2D eigenvalue weighted by Gasteiger charge is 1.76. The second-order valence-electron chi connectivity index (χ2n) is 1.25. The number of aliphatic imine (C=N–C) groups is 1. The monoisotopic (exact) mass is 236 g/mol. The van der Waals surface area contributed by atoms with Crippen LogP contribution < -0.4 is 5.32 Å². The average molecular weight is 236 g/mol. The maximum absolute atomic E-state index is 3.78. The Balaban J connectivity index is 3.67. The molecule has 0 saturated carbocycles. The van der Waals surface area contributed by atoms with E-state index in [1.165, 1.54) is 6.20 Å². The van der Waals surface area contributed by atoms with Gasteiger partial charge in [0.05, 0.1) is 3.70 Å². The van der Waals surface area contributed by atoms with Crippen LogP contribution >= 0.6 is 22.6 Å². The van der Waals surface area contributed by atoms with Crippen molar-refractivity contribution in [2.24, 2.45) is 4.99 Å². The predicted molar refractivity (Wildman–Crippen MR) is 49.9 cm³/mol. The normalized spacial score (nSPS) is 12.0. The zero-order valence-corrected chi connectivity index (χ0v) is 7.42. The van der Waals surface area contributed by atoms with Crippen LogP contribution in [-0.4, -0.2) is 13.3 Å². The van der Waals surface area contributed by atoms with Crippen molar-refractivity contribution in [3.8, 4) is 0 Å². The van der Waals surface area contributed by atoms with Crippen molar-refractivity contribution in [2.75, 3.05) is 7.05 Å². The van der Waals surface area contributed by atoms with Crippen molar-refractivity contribution in [1.29, 1.82) is 0 Å². The van der Waals surface area contributed by atoms with E-state index >= 15 is 0 Å². The molecule has 0 saturated heterocycles. The summed E-state index contributed by atoms with van der Waals surface area (Å²) in [6.07, 6.45) is 5.05. The lowest BCUT2D eigenvalue weighted by molar-refractivity contribution is 1.10. The zero-order chi connectivity index (χ0) is 7.11. The summed E-state index contributed by atoms with van der Waals surface area (Å²) in [5.74, 6) is 0. The van der Waals surface area contributed by atoms with Crippen LogP contribution in [0, 0.1) is 0 Å². The van der Waals surface area contributed by atoms with Gasteiger partial charge in [-0.25, -0.2) is 0 Å². The van der Waals surface area contributed by atoms with Crippen LogP contribution in [0.25, 0.3) is 0 Å². The van der Waals surface area contributed by atoms with Gasteiger partial charge in [-0.3, -0.25) is 4.99 Å². The fraction of sp³-hybridized carbons (Fsp3) is 0.167. The van der Waals surface area contributed by atoms with E-state index in [1.807, 2.05) is 13.1 Å². The smallest absolute Gasteiger partial charge is 0.0744 e. The Morgan fingerprint density at radius 1 is 1.78 bits per heavy atom. The van der Waals surface area contributed by atoms with Crippen LogP contribution in [0.1, 0.15) is 0 Å². The molecule has 0 radical (unpaired) electrons. The van der Waals surface area contributed by atoms with Gasteiger partial charge in [0.1, 0.15) is 0 Å². The summed E-state index contributed by atoms with van der Waals surface area (Å²) >= 11 is 2.17. The molecule has 0 aromatic rings. The summed E-state index contributed by atoms with van der Waals surface area (Å²) < 4.78 is 1.05. The molecule has 0 amide bonds. The van der Waals surface area contributed by atoms with Gasteiger partial charge in [0.2, 0.25) is 0 Å². The lowest BCUT2D eigenvalue weighted by Crippen LogP contribution is -1.97. The third-order valence-corrected chi connectivity index (χ3v) is 1.55. The minimum Gasteiger partial charge on any atom is -0.383 e. The van der Waals surface area contributed by atoms with E-state index in [0.717, 1.165) is 3.70 Å². The van der Waals surface area contributed by atoms with Gasteiger partial charge in [-0.2, -0.15) is 0 Å². The number of allylic oxidation sites excluding steroid dienone is 1. The molecule has 9 heavy (non-hydrogen) atoms. The predicted octanol–water partition coefficient (Wildman–Crippen LogP) is 1.70.